The van der Waals surface area contributed by atoms with Crippen LogP contribution in [-0.2, 0) is 4.79 Å². The van der Waals surface area contributed by atoms with E-state index in [1.165, 1.54) is 18.0 Å². The van der Waals surface area contributed by atoms with Crippen molar-refractivity contribution in [2.45, 2.75) is 24.3 Å². The number of hydrogen-bond donors (Lipinski definition) is 1. The molecular formula is C22H19ClN6OS. The maximum Gasteiger partial charge on any atom is 0.238 e. The van der Waals surface area contributed by atoms with Gasteiger partial charge in [0.05, 0.1) is 16.0 Å². The first-order valence-corrected chi connectivity index (χ1v) is 10.8. The highest BCUT2D eigenvalue weighted by atomic mass is 35.5. The SMILES string of the molecule is Cc1ccccc1-n1c(SC(C)C(=O)Nc2ccc(Cl)cn2)nnc1-c1ccncc1. The highest BCUT2D eigenvalue weighted by Gasteiger charge is 2.22. The first-order valence-electron chi connectivity index (χ1n) is 9.54. The highest BCUT2D eigenvalue weighted by Crippen LogP contribution is 2.31. The van der Waals surface area contributed by atoms with Gasteiger partial charge in [0.15, 0.2) is 11.0 Å². The fraction of sp³-hybridized carbons (Fsp3) is 0.136. The summed E-state index contributed by atoms with van der Waals surface area (Å²) in [5.74, 6) is 0.940. The fourth-order valence-electron chi connectivity index (χ4n) is 2.95. The lowest BCUT2D eigenvalue weighted by molar-refractivity contribution is -0.115. The quantitative estimate of drug-likeness (QED) is 0.424. The zero-order chi connectivity index (χ0) is 21.8. The molecule has 1 aromatic carbocycles. The third-order valence-electron chi connectivity index (χ3n) is 4.56. The number of para-hydroxylation sites is 1. The molecule has 0 fully saturated rings. The summed E-state index contributed by atoms with van der Waals surface area (Å²) in [6, 6.07) is 15.1. The standard InChI is InChI=1S/C22H19ClN6OS/c1-14-5-3-4-6-18(14)29-20(16-9-11-24-12-10-16)27-28-22(29)31-15(2)21(30)26-19-8-7-17(23)13-25-19/h3-13,15H,1-2H3,(H,25,26,30). The average Bonchev–Trinajstić information content (AvgIpc) is 3.19. The number of halogens is 1. The molecule has 0 aliphatic rings. The summed E-state index contributed by atoms with van der Waals surface area (Å²) in [6.07, 6.45) is 4.92. The van der Waals surface area contributed by atoms with Crippen LogP contribution in [0.3, 0.4) is 0 Å². The van der Waals surface area contributed by atoms with Gasteiger partial charge in [0.25, 0.3) is 0 Å². The van der Waals surface area contributed by atoms with E-state index in [9.17, 15) is 4.79 Å². The van der Waals surface area contributed by atoms with E-state index in [4.69, 9.17) is 11.6 Å². The number of rotatable bonds is 6. The number of hydrogen-bond acceptors (Lipinski definition) is 6. The number of nitrogens with zero attached hydrogens (tertiary/aromatic N) is 5. The van der Waals surface area contributed by atoms with E-state index in [1.54, 1.807) is 24.5 Å². The van der Waals surface area contributed by atoms with Crippen molar-refractivity contribution in [2.24, 2.45) is 0 Å². The molecule has 1 atom stereocenters. The van der Waals surface area contributed by atoms with Gasteiger partial charge in [-0.05, 0) is 49.7 Å². The fourth-order valence-corrected chi connectivity index (χ4v) is 3.93. The normalized spacial score (nSPS) is 11.8. The maximum atomic E-state index is 12.7. The first kappa shape index (κ1) is 21.0. The van der Waals surface area contributed by atoms with Crippen molar-refractivity contribution < 1.29 is 4.79 Å². The molecule has 9 heteroatoms. The molecule has 4 aromatic rings. The number of benzene rings is 1. The van der Waals surface area contributed by atoms with E-state index in [0.29, 0.717) is 21.8 Å². The number of nitrogens with one attached hydrogen (secondary N) is 1. The number of thioether (sulfide) groups is 1. The van der Waals surface area contributed by atoms with Gasteiger partial charge in [-0.3, -0.25) is 14.3 Å². The molecule has 7 nitrogen and oxygen atoms in total. The van der Waals surface area contributed by atoms with E-state index in [1.807, 2.05) is 54.8 Å². The van der Waals surface area contributed by atoms with Crippen molar-refractivity contribution in [3.05, 3.63) is 77.7 Å². The Labute approximate surface area is 188 Å². The Bertz CT molecular complexity index is 1200. The van der Waals surface area contributed by atoms with Gasteiger partial charge in [-0.1, -0.05) is 41.6 Å². The van der Waals surface area contributed by atoms with Gasteiger partial charge in [-0.2, -0.15) is 0 Å². The van der Waals surface area contributed by atoms with Gasteiger partial charge in [0, 0.05) is 24.2 Å². The van der Waals surface area contributed by atoms with Gasteiger partial charge in [-0.25, -0.2) is 4.98 Å². The highest BCUT2D eigenvalue weighted by molar-refractivity contribution is 8.00. The van der Waals surface area contributed by atoms with Crippen LogP contribution in [-0.4, -0.2) is 35.9 Å². The Morgan fingerprint density at radius 2 is 1.87 bits per heavy atom. The Balaban J connectivity index is 1.65. The molecule has 1 N–H and O–H groups in total. The van der Waals surface area contributed by atoms with Crippen LogP contribution in [0.1, 0.15) is 12.5 Å². The number of pyridine rings is 2. The molecule has 1 unspecified atom stereocenters. The minimum atomic E-state index is -0.435. The number of aromatic nitrogens is 5. The van der Waals surface area contributed by atoms with Crippen LogP contribution in [0, 0.1) is 6.92 Å². The second-order valence-electron chi connectivity index (χ2n) is 6.77. The zero-order valence-corrected chi connectivity index (χ0v) is 18.4. The van der Waals surface area contributed by atoms with Gasteiger partial charge >= 0.3 is 0 Å². The van der Waals surface area contributed by atoms with Crippen LogP contribution in [0.15, 0.2) is 72.3 Å². The summed E-state index contributed by atoms with van der Waals surface area (Å²) in [6.45, 7) is 3.85. The monoisotopic (exact) mass is 450 g/mol. The molecule has 0 radical (unpaired) electrons. The van der Waals surface area contributed by atoms with Gasteiger partial charge < -0.3 is 5.32 Å². The lowest BCUT2D eigenvalue weighted by Gasteiger charge is -2.15. The molecule has 3 aromatic heterocycles. The van der Waals surface area contributed by atoms with Gasteiger partial charge in [0.2, 0.25) is 5.91 Å². The van der Waals surface area contributed by atoms with Gasteiger partial charge in [0.1, 0.15) is 5.82 Å². The number of carbonyl (C=O) groups excluding carboxylic acids is 1. The Kier molecular flexibility index (Phi) is 6.29. The Morgan fingerprint density at radius 3 is 2.58 bits per heavy atom. The second kappa shape index (κ2) is 9.28. The lowest BCUT2D eigenvalue weighted by atomic mass is 10.2. The molecular weight excluding hydrogens is 432 g/mol. The lowest BCUT2D eigenvalue weighted by Crippen LogP contribution is -2.23. The van der Waals surface area contributed by atoms with Crippen LogP contribution in [0.2, 0.25) is 5.02 Å². The largest absolute Gasteiger partial charge is 0.310 e. The molecule has 0 spiro atoms. The number of carbonyl (C=O) groups is 1. The van der Waals surface area contributed by atoms with E-state index in [0.717, 1.165) is 16.8 Å². The summed E-state index contributed by atoms with van der Waals surface area (Å²) >= 11 is 7.19. The zero-order valence-electron chi connectivity index (χ0n) is 16.9. The number of aryl methyl sites for hydroxylation is 1. The summed E-state index contributed by atoms with van der Waals surface area (Å²) in [7, 11) is 0. The smallest absolute Gasteiger partial charge is 0.238 e. The number of amides is 1. The average molecular weight is 451 g/mol. The Hall–Kier alpha value is -3.23. The van der Waals surface area contributed by atoms with Crippen molar-refractivity contribution in [1.82, 2.24) is 24.7 Å². The summed E-state index contributed by atoms with van der Waals surface area (Å²) in [5.41, 5.74) is 2.91. The molecule has 156 valence electrons. The van der Waals surface area contributed by atoms with Crippen molar-refractivity contribution >= 4 is 35.1 Å². The van der Waals surface area contributed by atoms with Crippen LogP contribution in [0.5, 0.6) is 0 Å². The van der Waals surface area contributed by atoms with Crippen LogP contribution >= 0.6 is 23.4 Å². The van der Waals surface area contributed by atoms with Crippen molar-refractivity contribution in [2.75, 3.05) is 5.32 Å². The molecule has 0 aliphatic heterocycles. The topological polar surface area (TPSA) is 85.6 Å². The number of anilines is 1. The Morgan fingerprint density at radius 1 is 1.10 bits per heavy atom. The first-order chi connectivity index (χ1) is 15.0. The van der Waals surface area contributed by atoms with Crippen molar-refractivity contribution in [3.8, 4) is 17.1 Å². The van der Waals surface area contributed by atoms with E-state index < -0.39 is 5.25 Å². The minimum Gasteiger partial charge on any atom is -0.310 e. The van der Waals surface area contributed by atoms with E-state index >= 15 is 0 Å². The predicted octanol–water partition coefficient (Wildman–Crippen LogP) is 4.81. The third-order valence-corrected chi connectivity index (χ3v) is 5.82. The molecule has 0 aliphatic carbocycles. The second-order valence-corrected chi connectivity index (χ2v) is 8.52. The molecule has 3 heterocycles. The molecule has 0 saturated heterocycles. The molecule has 31 heavy (non-hydrogen) atoms. The summed E-state index contributed by atoms with van der Waals surface area (Å²) in [4.78, 5) is 20.9. The van der Waals surface area contributed by atoms with Crippen LogP contribution < -0.4 is 5.32 Å². The maximum absolute atomic E-state index is 12.7. The van der Waals surface area contributed by atoms with Crippen molar-refractivity contribution in [1.29, 1.82) is 0 Å². The molecule has 1 amide bonds. The summed E-state index contributed by atoms with van der Waals surface area (Å²) < 4.78 is 1.97. The summed E-state index contributed by atoms with van der Waals surface area (Å²) in [5, 5.41) is 12.3. The third kappa shape index (κ3) is 4.76. The van der Waals surface area contributed by atoms with Crippen LogP contribution in [0.4, 0.5) is 5.82 Å². The van der Waals surface area contributed by atoms with Crippen molar-refractivity contribution in [3.63, 3.8) is 0 Å². The van der Waals surface area contributed by atoms with E-state index in [2.05, 4.69) is 25.5 Å². The van der Waals surface area contributed by atoms with Gasteiger partial charge in [-0.15, -0.1) is 10.2 Å². The molecule has 0 bridgehead atoms. The van der Waals surface area contributed by atoms with E-state index in [-0.39, 0.29) is 5.91 Å². The molecule has 0 saturated carbocycles. The predicted molar refractivity (Wildman–Crippen MR) is 123 cm³/mol. The molecule has 4 rings (SSSR count). The van der Waals surface area contributed by atoms with Crippen LogP contribution in [0.25, 0.3) is 17.1 Å². The minimum absolute atomic E-state index is 0.190.